The Morgan fingerprint density at radius 3 is 2.70 bits per heavy atom. The first kappa shape index (κ1) is 19.4. The Kier molecular flexibility index (Phi) is 5.81. The zero-order valence-electron chi connectivity index (χ0n) is 14.7. The third-order valence-corrected chi connectivity index (χ3v) is 4.59. The van der Waals surface area contributed by atoms with E-state index in [1.54, 1.807) is 4.90 Å². The predicted molar refractivity (Wildman–Crippen MR) is 97.8 cm³/mol. The molecule has 1 aliphatic rings. The van der Waals surface area contributed by atoms with Gasteiger partial charge in [0.05, 0.1) is 5.69 Å². The summed E-state index contributed by atoms with van der Waals surface area (Å²) in [6.07, 6.45) is 1.50. The number of rotatable bonds is 5. The van der Waals surface area contributed by atoms with Crippen LogP contribution in [0.25, 0.3) is 11.3 Å². The molecule has 0 spiro atoms. The van der Waals surface area contributed by atoms with Crippen LogP contribution in [0.15, 0.2) is 24.4 Å². The van der Waals surface area contributed by atoms with E-state index in [9.17, 15) is 13.6 Å². The van der Waals surface area contributed by atoms with Crippen molar-refractivity contribution < 1.29 is 18.3 Å². The topological polar surface area (TPSA) is 76.6 Å². The Morgan fingerprint density at radius 2 is 2.04 bits per heavy atom. The van der Waals surface area contributed by atoms with Gasteiger partial charge in [-0.1, -0.05) is 11.6 Å². The fourth-order valence-electron chi connectivity index (χ4n) is 2.91. The van der Waals surface area contributed by atoms with Crippen molar-refractivity contribution in [1.82, 2.24) is 19.6 Å². The van der Waals surface area contributed by atoms with Crippen LogP contribution in [0, 0.1) is 0 Å². The van der Waals surface area contributed by atoms with Crippen LogP contribution in [0.1, 0.15) is 0 Å². The van der Waals surface area contributed by atoms with Crippen LogP contribution in [-0.4, -0.2) is 65.3 Å². The maximum atomic E-state index is 12.7. The Morgan fingerprint density at radius 1 is 1.33 bits per heavy atom. The first-order valence-electron chi connectivity index (χ1n) is 8.37. The van der Waals surface area contributed by atoms with Gasteiger partial charge < -0.3 is 20.3 Å². The molecule has 1 saturated heterocycles. The lowest BCUT2D eigenvalue weighted by molar-refractivity contribution is -0.133. The Bertz CT molecular complexity index is 822. The summed E-state index contributed by atoms with van der Waals surface area (Å²) < 4.78 is 31.3. The number of piperazine rings is 1. The van der Waals surface area contributed by atoms with Crippen LogP contribution in [0.4, 0.5) is 14.5 Å². The Labute approximate surface area is 160 Å². The molecule has 1 fully saturated rings. The third-order valence-electron chi connectivity index (χ3n) is 4.36. The van der Waals surface area contributed by atoms with Gasteiger partial charge in [0.15, 0.2) is 0 Å². The van der Waals surface area contributed by atoms with Gasteiger partial charge in [-0.05, 0) is 25.2 Å². The fourth-order valence-corrected chi connectivity index (χ4v) is 3.08. The number of halogens is 3. The molecule has 1 aromatic carbocycles. The number of nitrogens with two attached hydrogens (primary N) is 1. The molecule has 7 nitrogen and oxygen atoms in total. The number of ether oxygens (including phenoxy) is 1. The van der Waals surface area contributed by atoms with E-state index in [4.69, 9.17) is 17.3 Å². The number of anilines is 1. The number of hydrogen-bond donors (Lipinski definition) is 1. The van der Waals surface area contributed by atoms with Crippen molar-refractivity contribution in [2.24, 2.45) is 0 Å². The van der Waals surface area contributed by atoms with Crippen molar-refractivity contribution in [1.29, 1.82) is 0 Å². The summed E-state index contributed by atoms with van der Waals surface area (Å²) in [4.78, 5) is 16.4. The molecule has 1 aromatic heterocycles. The average Bonchev–Trinajstić information content (AvgIpc) is 2.96. The summed E-state index contributed by atoms with van der Waals surface area (Å²) in [7, 11) is 2.01. The standard InChI is InChI=1S/C17H20ClF2N5O2/c1-23-4-6-24(7-5-23)15(26)10-25-9-13(21)16(22-25)12-8-11(18)2-3-14(12)27-17(19)20/h2-3,8-9,17H,4-7,10,21H2,1H3. The normalized spacial score (nSPS) is 15.4. The molecule has 1 amide bonds. The highest BCUT2D eigenvalue weighted by molar-refractivity contribution is 6.31. The number of likely N-dealkylation sites (N-methyl/N-ethyl adjacent to an activating group) is 1. The molecule has 0 aliphatic carbocycles. The van der Waals surface area contributed by atoms with E-state index in [1.807, 2.05) is 7.05 Å². The summed E-state index contributed by atoms with van der Waals surface area (Å²) in [6, 6.07) is 4.22. The number of alkyl halides is 2. The zero-order chi connectivity index (χ0) is 19.6. The number of benzene rings is 1. The number of nitrogen functional groups attached to an aromatic ring is 1. The molecule has 146 valence electrons. The number of carbonyl (C=O) groups excluding carboxylic acids is 1. The quantitative estimate of drug-likeness (QED) is 0.833. The second-order valence-corrected chi connectivity index (χ2v) is 6.77. The summed E-state index contributed by atoms with van der Waals surface area (Å²) in [6.45, 7) is -0.0462. The molecular formula is C17H20ClF2N5O2. The van der Waals surface area contributed by atoms with Crippen molar-refractivity contribution >= 4 is 23.2 Å². The Balaban J connectivity index is 1.81. The van der Waals surface area contributed by atoms with Crippen LogP contribution >= 0.6 is 11.6 Å². The molecule has 0 bridgehead atoms. The van der Waals surface area contributed by atoms with E-state index >= 15 is 0 Å². The van der Waals surface area contributed by atoms with Gasteiger partial charge >= 0.3 is 6.61 Å². The highest BCUT2D eigenvalue weighted by Gasteiger charge is 2.21. The van der Waals surface area contributed by atoms with Crippen LogP contribution < -0.4 is 10.5 Å². The molecule has 0 unspecified atom stereocenters. The van der Waals surface area contributed by atoms with E-state index in [1.165, 1.54) is 29.1 Å². The van der Waals surface area contributed by atoms with Crippen LogP contribution in [-0.2, 0) is 11.3 Å². The minimum absolute atomic E-state index is 0.0134. The van der Waals surface area contributed by atoms with Crippen molar-refractivity contribution in [3.63, 3.8) is 0 Å². The van der Waals surface area contributed by atoms with Crippen molar-refractivity contribution in [3.05, 3.63) is 29.4 Å². The number of carbonyl (C=O) groups is 1. The second-order valence-electron chi connectivity index (χ2n) is 6.33. The lowest BCUT2D eigenvalue weighted by Crippen LogP contribution is -2.48. The SMILES string of the molecule is CN1CCN(C(=O)Cn2cc(N)c(-c3cc(Cl)ccc3OC(F)F)n2)CC1. The molecule has 3 rings (SSSR count). The van der Waals surface area contributed by atoms with E-state index in [-0.39, 0.29) is 35.1 Å². The predicted octanol–water partition coefficient (Wildman–Crippen LogP) is 2.16. The molecule has 10 heteroatoms. The van der Waals surface area contributed by atoms with Gasteiger partial charge in [-0.25, -0.2) is 0 Å². The van der Waals surface area contributed by atoms with E-state index in [0.717, 1.165) is 13.1 Å². The van der Waals surface area contributed by atoms with Crippen molar-refractivity contribution in [2.75, 3.05) is 39.0 Å². The number of hydrogen-bond acceptors (Lipinski definition) is 5. The smallest absolute Gasteiger partial charge is 0.387 e. The summed E-state index contributed by atoms with van der Waals surface area (Å²) in [5.41, 5.74) is 6.71. The van der Waals surface area contributed by atoms with Crippen LogP contribution in [0.3, 0.4) is 0 Å². The molecule has 2 heterocycles. The monoisotopic (exact) mass is 399 g/mol. The largest absolute Gasteiger partial charge is 0.434 e. The van der Waals surface area contributed by atoms with E-state index in [2.05, 4.69) is 14.7 Å². The third kappa shape index (κ3) is 4.67. The molecule has 0 saturated carbocycles. The van der Waals surface area contributed by atoms with E-state index < -0.39 is 6.61 Å². The maximum absolute atomic E-state index is 12.7. The first-order valence-corrected chi connectivity index (χ1v) is 8.75. The number of nitrogens with zero attached hydrogens (tertiary/aromatic N) is 4. The number of aromatic nitrogens is 2. The van der Waals surface area contributed by atoms with Gasteiger partial charge in [-0.3, -0.25) is 9.48 Å². The van der Waals surface area contributed by atoms with Gasteiger partial charge in [-0.2, -0.15) is 13.9 Å². The minimum atomic E-state index is -2.99. The highest BCUT2D eigenvalue weighted by atomic mass is 35.5. The number of amides is 1. The van der Waals surface area contributed by atoms with E-state index in [0.29, 0.717) is 18.1 Å². The average molecular weight is 400 g/mol. The molecule has 2 aromatic rings. The fraction of sp³-hybridized carbons (Fsp3) is 0.412. The van der Waals surface area contributed by atoms with Gasteiger partial charge in [0.1, 0.15) is 18.0 Å². The van der Waals surface area contributed by atoms with Crippen molar-refractivity contribution in [2.45, 2.75) is 13.2 Å². The molecule has 2 N–H and O–H groups in total. The van der Waals surface area contributed by atoms with Gasteiger partial charge in [0, 0.05) is 43.0 Å². The van der Waals surface area contributed by atoms with Gasteiger partial charge in [-0.15, -0.1) is 0 Å². The summed E-state index contributed by atoms with van der Waals surface area (Å²) in [5, 5.41) is 4.62. The first-order chi connectivity index (χ1) is 12.8. The molecule has 27 heavy (non-hydrogen) atoms. The van der Waals surface area contributed by atoms with Crippen LogP contribution in [0.5, 0.6) is 5.75 Å². The lowest BCUT2D eigenvalue weighted by Gasteiger charge is -2.32. The molecule has 1 aliphatic heterocycles. The zero-order valence-corrected chi connectivity index (χ0v) is 15.5. The Hall–Kier alpha value is -2.39. The molecule has 0 radical (unpaired) electrons. The summed E-state index contributed by atoms with van der Waals surface area (Å²) in [5.74, 6) is -0.163. The highest BCUT2D eigenvalue weighted by Crippen LogP contribution is 2.35. The maximum Gasteiger partial charge on any atom is 0.387 e. The summed E-state index contributed by atoms with van der Waals surface area (Å²) >= 11 is 5.98. The molecule has 0 atom stereocenters. The van der Waals surface area contributed by atoms with Gasteiger partial charge in [0.2, 0.25) is 5.91 Å². The lowest BCUT2D eigenvalue weighted by atomic mass is 10.1. The minimum Gasteiger partial charge on any atom is -0.434 e. The van der Waals surface area contributed by atoms with Crippen molar-refractivity contribution in [3.8, 4) is 17.0 Å². The van der Waals surface area contributed by atoms with Gasteiger partial charge in [0.25, 0.3) is 0 Å². The molecular weight excluding hydrogens is 380 g/mol. The van der Waals surface area contributed by atoms with Crippen LogP contribution in [0.2, 0.25) is 5.02 Å². The second kappa shape index (κ2) is 8.10.